The number of unbranched alkanes of at least 4 members (excludes halogenated alkanes) is 3. The topological polar surface area (TPSA) is 134 Å². The fraction of sp³-hybridized carbons (Fsp3) is 0.645. The lowest BCUT2D eigenvalue weighted by Gasteiger charge is -2.27. The Balaban J connectivity index is 2.28. The van der Waals surface area contributed by atoms with Crippen LogP contribution in [0.15, 0.2) is 24.3 Å². The summed E-state index contributed by atoms with van der Waals surface area (Å²) in [5, 5.41) is 2.74. The highest BCUT2D eigenvalue weighted by Gasteiger charge is 2.38. The first-order valence-electron chi connectivity index (χ1n) is 14.4. The molecular weight excluding hydrogens is 544 g/mol. The van der Waals surface area contributed by atoms with Gasteiger partial charge >= 0.3 is 18.1 Å². The molecule has 0 aliphatic rings. The van der Waals surface area contributed by atoms with Crippen molar-refractivity contribution in [1.82, 2.24) is 5.32 Å². The molecule has 1 atom stereocenters. The summed E-state index contributed by atoms with van der Waals surface area (Å²) in [6.07, 6.45) is 3.54. The maximum absolute atomic E-state index is 12.7. The van der Waals surface area contributed by atoms with Gasteiger partial charge in [0.1, 0.15) is 24.4 Å². The molecule has 0 fully saturated rings. The Hall–Kier alpha value is -3.47. The van der Waals surface area contributed by atoms with Crippen molar-refractivity contribution in [3.63, 3.8) is 0 Å². The summed E-state index contributed by atoms with van der Waals surface area (Å²) in [6, 6.07) is 7.62. The van der Waals surface area contributed by atoms with Gasteiger partial charge in [-0.3, -0.25) is 19.2 Å². The summed E-state index contributed by atoms with van der Waals surface area (Å²) in [5.74, 6) is -1.10. The molecule has 42 heavy (non-hydrogen) atoms. The molecule has 1 unspecified atom stereocenters. The van der Waals surface area contributed by atoms with Crippen LogP contribution in [0.3, 0.4) is 0 Å². The van der Waals surface area contributed by atoms with Crippen LogP contribution < -0.4 is 5.32 Å². The van der Waals surface area contributed by atoms with Gasteiger partial charge < -0.3 is 28.7 Å². The van der Waals surface area contributed by atoms with E-state index in [2.05, 4.69) is 5.32 Å². The quantitative estimate of drug-likeness (QED) is 0.104. The molecule has 1 aromatic rings. The summed E-state index contributed by atoms with van der Waals surface area (Å²) in [6.45, 7) is 5.20. The lowest BCUT2D eigenvalue weighted by Crippen LogP contribution is -2.41. The van der Waals surface area contributed by atoms with E-state index in [-0.39, 0.29) is 38.1 Å². The molecule has 0 bridgehead atoms. The molecule has 1 rings (SSSR count). The van der Waals surface area contributed by atoms with Gasteiger partial charge in [-0.15, -0.1) is 0 Å². The van der Waals surface area contributed by atoms with Crippen LogP contribution in [-0.4, -0.2) is 88.4 Å². The highest BCUT2D eigenvalue weighted by Crippen LogP contribution is 2.21. The van der Waals surface area contributed by atoms with E-state index >= 15 is 0 Å². The minimum absolute atomic E-state index is 0.0858. The number of quaternary nitrogens is 1. The number of carbonyl (C=O) groups is 5. The number of nitrogens with one attached hydrogen (secondary N) is 1. The van der Waals surface area contributed by atoms with Gasteiger partial charge in [0.2, 0.25) is 5.91 Å². The first-order valence-corrected chi connectivity index (χ1v) is 14.4. The van der Waals surface area contributed by atoms with Crippen LogP contribution in [0.4, 0.5) is 4.79 Å². The van der Waals surface area contributed by atoms with Gasteiger partial charge in [0, 0.05) is 39.7 Å². The number of ether oxygens (including phenoxy) is 4. The molecule has 1 amide bonds. The van der Waals surface area contributed by atoms with Gasteiger partial charge in [-0.2, -0.15) is 0 Å². The average molecular weight is 594 g/mol. The Morgan fingerprint density at radius 1 is 0.762 bits per heavy atom. The van der Waals surface area contributed by atoms with E-state index < -0.39 is 23.5 Å². The first-order chi connectivity index (χ1) is 19.7. The van der Waals surface area contributed by atoms with Gasteiger partial charge in [-0.05, 0) is 30.9 Å². The van der Waals surface area contributed by atoms with Gasteiger partial charge in [-0.25, -0.2) is 4.79 Å². The zero-order chi connectivity index (χ0) is 31.6. The molecule has 0 aromatic heterocycles. The minimum Gasteiger partial charge on any atom is -0.465 e. The molecular formula is C31H49N2O9+. The Bertz CT molecular complexity index is 1020. The first kappa shape index (κ1) is 36.6. The van der Waals surface area contributed by atoms with E-state index in [1.54, 1.807) is 0 Å². The zero-order valence-electron chi connectivity index (χ0n) is 26.1. The van der Waals surface area contributed by atoms with Crippen molar-refractivity contribution in [2.75, 3.05) is 54.1 Å². The van der Waals surface area contributed by atoms with Crippen LogP contribution >= 0.6 is 0 Å². The van der Waals surface area contributed by atoms with E-state index in [9.17, 15) is 24.0 Å². The Morgan fingerprint density at radius 2 is 1.36 bits per heavy atom. The van der Waals surface area contributed by atoms with Crippen LogP contribution in [0.5, 0.6) is 0 Å². The molecule has 0 spiro atoms. The molecule has 11 nitrogen and oxygen atoms in total. The lowest BCUT2D eigenvalue weighted by atomic mass is 9.93. The van der Waals surface area contributed by atoms with Crippen LogP contribution in [0.2, 0.25) is 0 Å². The number of hydrogen-bond acceptors (Lipinski definition) is 9. The van der Waals surface area contributed by atoms with Crippen molar-refractivity contribution in [2.45, 2.75) is 72.3 Å². The van der Waals surface area contributed by atoms with Crippen molar-refractivity contribution < 1.29 is 47.4 Å². The monoisotopic (exact) mass is 593 g/mol. The molecule has 1 N–H and O–H groups in total. The van der Waals surface area contributed by atoms with E-state index in [1.807, 2.05) is 45.4 Å². The smallest absolute Gasteiger partial charge is 0.465 e. The maximum Gasteiger partial charge on any atom is 0.508 e. The van der Waals surface area contributed by atoms with Crippen LogP contribution in [0, 0.1) is 5.41 Å². The second-order valence-electron chi connectivity index (χ2n) is 11.8. The second kappa shape index (κ2) is 18.9. The number of rotatable bonds is 20. The van der Waals surface area contributed by atoms with Crippen molar-refractivity contribution in [3.8, 4) is 0 Å². The van der Waals surface area contributed by atoms with E-state index in [4.69, 9.17) is 18.9 Å². The van der Waals surface area contributed by atoms with E-state index in [0.29, 0.717) is 32.2 Å². The summed E-state index contributed by atoms with van der Waals surface area (Å²) < 4.78 is 21.4. The highest BCUT2D eigenvalue weighted by molar-refractivity contribution is 5.80. The molecule has 11 heteroatoms. The molecule has 0 radical (unpaired) electrons. The van der Waals surface area contributed by atoms with Crippen molar-refractivity contribution in [3.05, 3.63) is 35.4 Å². The second-order valence-corrected chi connectivity index (χ2v) is 11.8. The third-order valence-electron chi connectivity index (χ3n) is 6.34. The summed E-state index contributed by atoms with van der Waals surface area (Å²) in [4.78, 5) is 59.4. The largest absolute Gasteiger partial charge is 0.508 e. The molecule has 1 aromatic carbocycles. The van der Waals surface area contributed by atoms with Gasteiger partial charge in [0.15, 0.2) is 0 Å². The molecule has 0 saturated heterocycles. The van der Waals surface area contributed by atoms with Crippen LogP contribution in [-0.2, 0) is 51.1 Å². The number of esters is 2. The van der Waals surface area contributed by atoms with Crippen molar-refractivity contribution >= 4 is 29.8 Å². The number of Topliss-reactive ketones (excluding diaryl/α,β-unsaturated/α-hetero) is 1. The lowest BCUT2D eigenvalue weighted by molar-refractivity contribution is -0.870. The Morgan fingerprint density at radius 3 is 1.98 bits per heavy atom. The molecule has 0 heterocycles. The van der Waals surface area contributed by atoms with E-state index in [0.717, 1.165) is 41.4 Å². The zero-order valence-corrected chi connectivity index (χ0v) is 26.1. The van der Waals surface area contributed by atoms with Crippen molar-refractivity contribution in [2.24, 2.45) is 5.41 Å². The fourth-order valence-electron chi connectivity index (χ4n) is 3.81. The number of carbonyl (C=O) groups excluding carboxylic acids is 5. The molecule has 0 aliphatic carbocycles. The SMILES string of the molecule is CC(=O)NCc1ccc(CC(=O)CCCCCCOC(=O)OCC(C)(COC(C)=O)C(=O)OCCC[N+](C)(C)C)cc1. The minimum atomic E-state index is -1.36. The summed E-state index contributed by atoms with van der Waals surface area (Å²) >= 11 is 0. The summed E-state index contributed by atoms with van der Waals surface area (Å²) in [7, 11) is 6.11. The van der Waals surface area contributed by atoms with Gasteiger partial charge in [-0.1, -0.05) is 37.1 Å². The van der Waals surface area contributed by atoms with Gasteiger partial charge in [0.25, 0.3) is 0 Å². The fourth-order valence-corrected chi connectivity index (χ4v) is 3.81. The standard InChI is InChI=1S/C31H48N2O9/c1-24(34)32-21-27-15-13-26(14-16-27)20-28(36)12-9-7-8-10-18-40-30(38)42-23-31(3,22-41-25(2)35)29(37)39-19-11-17-33(4,5)6/h13-16H,7-12,17-23H2,1-6H3/p+1. The third-order valence-corrected chi connectivity index (χ3v) is 6.34. The average Bonchev–Trinajstić information content (AvgIpc) is 2.91. The van der Waals surface area contributed by atoms with E-state index in [1.165, 1.54) is 20.8 Å². The Labute approximate surface area is 249 Å². The Kier molecular flexibility index (Phi) is 16.4. The van der Waals surface area contributed by atoms with Gasteiger partial charge in [0.05, 0.1) is 40.9 Å². The molecule has 0 aliphatic heterocycles. The van der Waals surface area contributed by atoms with Crippen molar-refractivity contribution in [1.29, 1.82) is 0 Å². The normalized spacial score (nSPS) is 12.5. The summed E-state index contributed by atoms with van der Waals surface area (Å²) in [5.41, 5.74) is 0.561. The third kappa shape index (κ3) is 17.4. The number of ketones is 1. The van der Waals surface area contributed by atoms with Crippen LogP contribution in [0.25, 0.3) is 0 Å². The van der Waals surface area contributed by atoms with Crippen LogP contribution in [0.1, 0.15) is 70.4 Å². The molecule has 236 valence electrons. The predicted octanol–water partition coefficient (Wildman–Crippen LogP) is 3.75. The number of nitrogens with zero attached hydrogens (tertiary/aromatic N) is 1. The number of amides is 1. The predicted molar refractivity (Wildman–Crippen MR) is 156 cm³/mol. The highest BCUT2D eigenvalue weighted by atomic mass is 16.7. The number of hydrogen-bond donors (Lipinski definition) is 1. The number of benzene rings is 1. The maximum atomic E-state index is 12.7. The molecule has 0 saturated carbocycles.